The largest absolute Gasteiger partial charge is 0.456 e. The minimum Gasteiger partial charge on any atom is -0.456 e. The summed E-state index contributed by atoms with van der Waals surface area (Å²) in [5, 5.41) is 10.2. The van der Waals surface area contributed by atoms with E-state index in [2.05, 4.69) is 198 Å². The Bertz CT molecular complexity index is 3890. The first-order valence-corrected chi connectivity index (χ1v) is 22.6. The van der Waals surface area contributed by atoms with Crippen LogP contribution in [0.3, 0.4) is 0 Å². The Hall–Kier alpha value is -9.00. The molecule has 12 aromatic rings. The van der Waals surface area contributed by atoms with E-state index in [-0.39, 0.29) is 0 Å². The van der Waals surface area contributed by atoms with Crippen LogP contribution >= 0.6 is 0 Å². The Kier molecular flexibility index (Phi) is 9.13. The highest BCUT2D eigenvalue weighted by Gasteiger charge is 2.27. The van der Waals surface area contributed by atoms with Gasteiger partial charge in [0.15, 0.2) is 5.84 Å². The first-order chi connectivity index (χ1) is 33.2. The highest BCUT2D eigenvalue weighted by molar-refractivity contribution is 6.28. The topological polar surface area (TPSA) is 66.3 Å². The first kappa shape index (κ1) is 38.5. The van der Waals surface area contributed by atoms with Crippen LogP contribution in [0.25, 0.3) is 76.9 Å². The van der Waals surface area contributed by atoms with Crippen LogP contribution in [0.1, 0.15) is 22.9 Å². The number of benzene rings is 10. The van der Waals surface area contributed by atoms with E-state index >= 15 is 0 Å². The van der Waals surface area contributed by atoms with Gasteiger partial charge in [-0.3, -0.25) is 0 Å². The molecule has 6 nitrogen and oxygen atoms in total. The summed E-state index contributed by atoms with van der Waals surface area (Å²) in [6.45, 7) is 0. The second-order valence-electron chi connectivity index (χ2n) is 16.9. The number of hydrogen-bond donors (Lipinski definition) is 1. The van der Waals surface area contributed by atoms with Crippen molar-refractivity contribution in [3.8, 4) is 22.3 Å². The summed E-state index contributed by atoms with van der Waals surface area (Å²) in [4.78, 5) is 12.9. The van der Waals surface area contributed by atoms with Crippen LogP contribution in [-0.4, -0.2) is 11.7 Å². The Balaban J connectivity index is 0.980. The molecular formula is C61H40N4O2. The first-order valence-electron chi connectivity index (χ1n) is 22.6. The maximum Gasteiger partial charge on any atom is 0.159 e. The molecule has 67 heavy (non-hydrogen) atoms. The van der Waals surface area contributed by atoms with Crippen molar-refractivity contribution in [2.75, 3.05) is 4.90 Å². The predicted octanol–water partition coefficient (Wildman–Crippen LogP) is 15.9. The number of rotatable bonds is 8. The van der Waals surface area contributed by atoms with Gasteiger partial charge in [0.1, 0.15) is 34.3 Å². The fraction of sp³-hybridized carbons (Fsp3) is 0.0164. The van der Waals surface area contributed by atoms with Gasteiger partial charge in [-0.2, -0.15) is 0 Å². The van der Waals surface area contributed by atoms with Gasteiger partial charge in [0.05, 0.1) is 0 Å². The highest BCUT2D eigenvalue weighted by Crippen LogP contribution is 2.44. The normalized spacial score (nSPS) is 13.8. The second kappa shape index (κ2) is 15.9. The standard InChI is InChI=1S/C61H40N4O2/c1-4-15-39(16-5-1)40-27-31-46(32-28-40)65(45-21-8-3-9-22-45)47-23-14-20-43(37-47)49-33-34-51(57-56-48-24-11-10-17-41(48)29-36-55(56)67-58(49)57)61-63-59(42-18-6-2-7-19-42)62-60(64-61)44-30-35-54-52(38-44)50-25-12-13-26-53(50)66-54/h1-38,60H,(H,62,63,64). The van der Waals surface area contributed by atoms with Gasteiger partial charge >= 0.3 is 0 Å². The molecule has 0 aliphatic carbocycles. The highest BCUT2D eigenvalue weighted by atomic mass is 16.3. The minimum absolute atomic E-state index is 0.437. The average Bonchev–Trinajstić information content (AvgIpc) is 3.99. The number of para-hydroxylation sites is 2. The third kappa shape index (κ3) is 6.74. The molecule has 0 saturated heterocycles. The number of furan rings is 2. The summed E-state index contributed by atoms with van der Waals surface area (Å²) < 4.78 is 13.3. The summed E-state index contributed by atoms with van der Waals surface area (Å²) in [7, 11) is 0. The van der Waals surface area contributed by atoms with Crippen LogP contribution in [0.5, 0.6) is 0 Å². The molecule has 1 aliphatic heterocycles. The fourth-order valence-corrected chi connectivity index (χ4v) is 9.72. The molecular weight excluding hydrogens is 821 g/mol. The van der Waals surface area contributed by atoms with E-state index in [9.17, 15) is 0 Å². The molecule has 316 valence electrons. The van der Waals surface area contributed by atoms with Gasteiger partial charge in [-0.05, 0) is 106 Å². The number of hydrogen-bond acceptors (Lipinski definition) is 6. The molecule has 1 atom stereocenters. The molecule has 1 N–H and O–H groups in total. The Morgan fingerprint density at radius 3 is 1.85 bits per heavy atom. The molecule has 0 amide bonds. The summed E-state index contributed by atoms with van der Waals surface area (Å²) in [5.41, 5.74) is 13.7. The van der Waals surface area contributed by atoms with Crippen LogP contribution in [-0.2, 0) is 0 Å². The van der Waals surface area contributed by atoms with Gasteiger partial charge < -0.3 is 19.1 Å². The van der Waals surface area contributed by atoms with Crippen molar-refractivity contribution >= 4 is 83.4 Å². The maximum atomic E-state index is 7.07. The monoisotopic (exact) mass is 860 g/mol. The van der Waals surface area contributed by atoms with Gasteiger partial charge in [-0.1, -0.05) is 158 Å². The van der Waals surface area contributed by atoms with E-state index in [1.54, 1.807) is 0 Å². The van der Waals surface area contributed by atoms with E-state index in [1.165, 1.54) is 11.1 Å². The predicted molar refractivity (Wildman–Crippen MR) is 276 cm³/mol. The number of anilines is 3. The summed E-state index contributed by atoms with van der Waals surface area (Å²) in [5.74, 6) is 1.36. The number of nitrogens with zero attached hydrogens (tertiary/aromatic N) is 3. The Morgan fingerprint density at radius 2 is 1.03 bits per heavy atom. The molecule has 0 saturated carbocycles. The lowest BCUT2D eigenvalue weighted by molar-refractivity contribution is 0.663. The average molecular weight is 861 g/mol. The zero-order chi connectivity index (χ0) is 44.3. The third-order valence-electron chi connectivity index (χ3n) is 12.9. The lowest BCUT2D eigenvalue weighted by Gasteiger charge is -2.26. The van der Waals surface area contributed by atoms with Crippen molar-refractivity contribution in [3.05, 3.63) is 247 Å². The molecule has 1 aliphatic rings. The van der Waals surface area contributed by atoms with Gasteiger partial charge in [0, 0.05) is 55.3 Å². The smallest absolute Gasteiger partial charge is 0.159 e. The molecule has 0 spiro atoms. The summed E-state index contributed by atoms with van der Waals surface area (Å²) in [6, 6.07) is 80.5. The van der Waals surface area contributed by atoms with Crippen LogP contribution in [0.15, 0.2) is 249 Å². The quantitative estimate of drug-likeness (QED) is 0.165. The number of aliphatic imine (C=N–C) groups is 2. The molecule has 0 bridgehead atoms. The lowest BCUT2D eigenvalue weighted by atomic mass is 9.95. The fourth-order valence-electron chi connectivity index (χ4n) is 9.72. The van der Waals surface area contributed by atoms with Crippen LogP contribution in [0, 0.1) is 0 Å². The Labute approximate surface area is 386 Å². The molecule has 6 heteroatoms. The minimum atomic E-state index is -0.437. The van der Waals surface area contributed by atoms with Crippen LogP contribution in [0.4, 0.5) is 17.1 Å². The number of amidine groups is 2. The molecule has 10 aromatic carbocycles. The van der Waals surface area contributed by atoms with E-state index in [0.717, 1.165) is 99.5 Å². The van der Waals surface area contributed by atoms with Crippen molar-refractivity contribution < 1.29 is 8.83 Å². The van der Waals surface area contributed by atoms with Gasteiger partial charge in [-0.25, -0.2) is 9.98 Å². The Morgan fingerprint density at radius 1 is 0.403 bits per heavy atom. The van der Waals surface area contributed by atoms with Crippen molar-refractivity contribution in [2.24, 2.45) is 9.98 Å². The van der Waals surface area contributed by atoms with Crippen LogP contribution in [0.2, 0.25) is 0 Å². The van der Waals surface area contributed by atoms with Gasteiger partial charge in [0.2, 0.25) is 0 Å². The zero-order valence-electron chi connectivity index (χ0n) is 36.2. The van der Waals surface area contributed by atoms with E-state index in [4.69, 9.17) is 18.8 Å². The number of nitrogens with one attached hydrogen (secondary N) is 1. The van der Waals surface area contributed by atoms with Crippen molar-refractivity contribution in [3.63, 3.8) is 0 Å². The van der Waals surface area contributed by atoms with Gasteiger partial charge in [0.25, 0.3) is 0 Å². The lowest BCUT2D eigenvalue weighted by Crippen LogP contribution is -2.33. The maximum absolute atomic E-state index is 7.07. The van der Waals surface area contributed by atoms with Crippen molar-refractivity contribution in [1.29, 1.82) is 0 Å². The zero-order valence-corrected chi connectivity index (χ0v) is 36.2. The summed E-state index contributed by atoms with van der Waals surface area (Å²) in [6.07, 6.45) is -0.437. The van der Waals surface area contributed by atoms with E-state index in [1.807, 2.05) is 42.5 Å². The molecule has 2 aromatic heterocycles. The molecule has 1 unspecified atom stereocenters. The van der Waals surface area contributed by atoms with Crippen molar-refractivity contribution in [2.45, 2.75) is 6.17 Å². The molecule has 3 heterocycles. The van der Waals surface area contributed by atoms with Gasteiger partial charge in [-0.15, -0.1) is 0 Å². The molecule has 13 rings (SSSR count). The van der Waals surface area contributed by atoms with E-state index < -0.39 is 6.17 Å². The third-order valence-corrected chi connectivity index (χ3v) is 12.9. The van der Waals surface area contributed by atoms with Crippen LogP contribution < -0.4 is 10.2 Å². The second-order valence-corrected chi connectivity index (χ2v) is 16.9. The van der Waals surface area contributed by atoms with E-state index in [0.29, 0.717) is 11.7 Å². The van der Waals surface area contributed by atoms with Crippen molar-refractivity contribution in [1.82, 2.24) is 5.32 Å². The summed E-state index contributed by atoms with van der Waals surface area (Å²) >= 11 is 0. The molecule has 0 fully saturated rings. The molecule has 0 radical (unpaired) electrons. The SMILES string of the molecule is c1ccc(C2=NC(c3ccc4oc5ccccc5c4c3)NC(c3ccc(-c4cccc(N(c5ccccc5)c5ccc(-c6ccccc6)cc5)c4)c4oc5ccc6ccccc6c5c34)=N2)cc1. The number of fused-ring (bicyclic) bond motifs is 8.